The first-order valence-corrected chi connectivity index (χ1v) is 5.94. The van der Waals surface area contributed by atoms with Gasteiger partial charge >= 0.3 is 0 Å². The van der Waals surface area contributed by atoms with Gasteiger partial charge in [0.05, 0.1) is 19.6 Å². The Kier molecular flexibility index (Phi) is 4.15. The summed E-state index contributed by atoms with van der Waals surface area (Å²) in [5.74, 6) is 0.514. The number of amides is 1. The molecule has 0 radical (unpaired) electrons. The highest BCUT2D eigenvalue weighted by Crippen LogP contribution is 2.15. The second kappa shape index (κ2) is 5.82. The van der Waals surface area contributed by atoms with Crippen LogP contribution in [0.1, 0.15) is 6.42 Å². The Morgan fingerprint density at radius 3 is 2.72 bits per heavy atom. The molecule has 1 heterocycles. The Bertz CT molecular complexity index is 388. The number of aliphatic hydroxyl groups excluding tert-OH is 1. The van der Waals surface area contributed by atoms with Crippen LogP contribution in [0.4, 0.5) is 4.39 Å². The van der Waals surface area contributed by atoms with E-state index in [0.717, 1.165) is 0 Å². The van der Waals surface area contributed by atoms with E-state index in [1.165, 1.54) is 4.90 Å². The number of hydrogen-bond acceptors (Lipinski definition) is 3. The zero-order valence-electron chi connectivity index (χ0n) is 9.96. The van der Waals surface area contributed by atoms with Gasteiger partial charge in [-0.1, -0.05) is 18.2 Å². The SMILES string of the molecule is O=C(CCOc1ccccc1)N1C[C@@H](O)[C@H](F)C1. The van der Waals surface area contributed by atoms with E-state index in [2.05, 4.69) is 0 Å². The normalized spacial score (nSPS) is 23.1. The maximum absolute atomic E-state index is 13.0. The summed E-state index contributed by atoms with van der Waals surface area (Å²) in [6, 6.07) is 9.19. The highest BCUT2D eigenvalue weighted by molar-refractivity contribution is 5.76. The van der Waals surface area contributed by atoms with Crippen molar-refractivity contribution in [2.75, 3.05) is 19.7 Å². The van der Waals surface area contributed by atoms with Crippen LogP contribution >= 0.6 is 0 Å². The van der Waals surface area contributed by atoms with E-state index < -0.39 is 12.3 Å². The van der Waals surface area contributed by atoms with Crippen LogP contribution in [0, 0.1) is 0 Å². The monoisotopic (exact) mass is 253 g/mol. The van der Waals surface area contributed by atoms with Crippen molar-refractivity contribution in [3.05, 3.63) is 30.3 Å². The van der Waals surface area contributed by atoms with E-state index in [9.17, 15) is 14.3 Å². The van der Waals surface area contributed by atoms with Gasteiger partial charge in [-0.3, -0.25) is 4.79 Å². The number of halogens is 1. The van der Waals surface area contributed by atoms with Crippen molar-refractivity contribution in [3.63, 3.8) is 0 Å². The van der Waals surface area contributed by atoms with Gasteiger partial charge in [0, 0.05) is 6.54 Å². The van der Waals surface area contributed by atoms with Crippen molar-refractivity contribution in [1.29, 1.82) is 0 Å². The third kappa shape index (κ3) is 3.20. The largest absolute Gasteiger partial charge is 0.493 e. The molecular formula is C13H16FNO3. The number of ether oxygens (including phenoxy) is 1. The first kappa shape index (κ1) is 12.8. The molecule has 1 N–H and O–H groups in total. The molecule has 1 aliphatic rings. The predicted octanol–water partition coefficient (Wildman–Crippen LogP) is 0.997. The Labute approximate surface area is 105 Å². The van der Waals surface area contributed by atoms with Crippen molar-refractivity contribution in [2.45, 2.75) is 18.7 Å². The van der Waals surface area contributed by atoms with Crippen LogP contribution in [0.2, 0.25) is 0 Å². The molecule has 1 aromatic rings. The summed E-state index contributed by atoms with van der Waals surface area (Å²) in [7, 11) is 0. The number of likely N-dealkylation sites (tertiary alicyclic amines) is 1. The van der Waals surface area contributed by atoms with E-state index >= 15 is 0 Å². The summed E-state index contributed by atoms with van der Waals surface area (Å²) in [5.41, 5.74) is 0. The second-order valence-electron chi connectivity index (χ2n) is 4.29. The maximum Gasteiger partial charge on any atom is 0.226 e. The van der Waals surface area contributed by atoms with Crippen molar-refractivity contribution in [3.8, 4) is 5.75 Å². The van der Waals surface area contributed by atoms with E-state index in [1.807, 2.05) is 30.3 Å². The smallest absolute Gasteiger partial charge is 0.226 e. The molecule has 2 rings (SSSR count). The fourth-order valence-corrected chi connectivity index (χ4v) is 1.88. The molecule has 1 saturated heterocycles. The zero-order chi connectivity index (χ0) is 13.0. The molecule has 0 saturated carbocycles. The summed E-state index contributed by atoms with van der Waals surface area (Å²) in [6.07, 6.45) is -2.19. The number of carbonyl (C=O) groups excluding carboxylic acids is 1. The lowest BCUT2D eigenvalue weighted by atomic mass is 10.3. The Morgan fingerprint density at radius 2 is 2.11 bits per heavy atom. The fraction of sp³-hybridized carbons (Fsp3) is 0.462. The van der Waals surface area contributed by atoms with Gasteiger partial charge in [-0.15, -0.1) is 0 Å². The second-order valence-corrected chi connectivity index (χ2v) is 4.29. The van der Waals surface area contributed by atoms with Gasteiger partial charge in [0.25, 0.3) is 0 Å². The quantitative estimate of drug-likeness (QED) is 0.870. The fourth-order valence-electron chi connectivity index (χ4n) is 1.88. The van der Waals surface area contributed by atoms with Gasteiger partial charge in [0.1, 0.15) is 18.0 Å². The average Bonchev–Trinajstić information content (AvgIpc) is 2.71. The Hall–Kier alpha value is -1.62. The number of alkyl halides is 1. The lowest BCUT2D eigenvalue weighted by Gasteiger charge is -2.15. The third-order valence-electron chi connectivity index (χ3n) is 2.90. The molecular weight excluding hydrogens is 237 g/mol. The molecule has 0 unspecified atom stereocenters. The maximum atomic E-state index is 13.0. The van der Waals surface area contributed by atoms with Crippen LogP contribution in [-0.2, 0) is 4.79 Å². The molecule has 0 spiro atoms. The summed E-state index contributed by atoms with van der Waals surface area (Å²) in [5, 5.41) is 9.22. The van der Waals surface area contributed by atoms with Gasteiger partial charge < -0.3 is 14.7 Å². The van der Waals surface area contributed by atoms with Crippen LogP contribution in [0.5, 0.6) is 5.75 Å². The van der Waals surface area contributed by atoms with Crippen LogP contribution < -0.4 is 4.74 Å². The summed E-state index contributed by atoms with van der Waals surface area (Å²) < 4.78 is 18.4. The van der Waals surface area contributed by atoms with Crippen molar-refractivity contribution < 1.29 is 19.0 Å². The number of nitrogens with zero attached hydrogens (tertiary/aromatic N) is 1. The van der Waals surface area contributed by atoms with E-state index in [0.29, 0.717) is 5.75 Å². The lowest BCUT2D eigenvalue weighted by Crippen LogP contribution is -2.30. The van der Waals surface area contributed by atoms with Gasteiger partial charge in [-0.05, 0) is 12.1 Å². The van der Waals surface area contributed by atoms with Gasteiger partial charge in [0.15, 0.2) is 0 Å². The topological polar surface area (TPSA) is 49.8 Å². The van der Waals surface area contributed by atoms with Gasteiger partial charge in [0.2, 0.25) is 5.91 Å². The Balaban J connectivity index is 1.73. The molecule has 4 nitrogen and oxygen atoms in total. The van der Waals surface area contributed by atoms with Crippen molar-refractivity contribution in [2.24, 2.45) is 0 Å². The third-order valence-corrected chi connectivity index (χ3v) is 2.90. The minimum atomic E-state index is -1.33. The lowest BCUT2D eigenvalue weighted by molar-refractivity contribution is -0.131. The van der Waals surface area contributed by atoms with Crippen LogP contribution in [0.15, 0.2) is 30.3 Å². The minimum Gasteiger partial charge on any atom is -0.493 e. The molecule has 98 valence electrons. The van der Waals surface area contributed by atoms with Crippen molar-refractivity contribution in [1.82, 2.24) is 4.90 Å². The summed E-state index contributed by atoms with van der Waals surface area (Å²) >= 11 is 0. The molecule has 1 amide bonds. The highest BCUT2D eigenvalue weighted by atomic mass is 19.1. The summed E-state index contributed by atoms with van der Waals surface area (Å²) in [4.78, 5) is 13.0. The molecule has 0 aliphatic carbocycles. The molecule has 1 aromatic carbocycles. The van der Waals surface area contributed by atoms with E-state index in [-0.39, 0.29) is 32.0 Å². The summed E-state index contributed by atoms with van der Waals surface area (Å²) in [6.45, 7) is 0.309. The van der Waals surface area contributed by atoms with Gasteiger partial charge in [-0.25, -0.2) is 4.39 Å². The number of carbonyl (C=O) groups is 1. The number of hydrogen-bond donors (Lipinski definition) is 1. The molecule has 18 heavy (non-hydrogen) atoms. The number of para-hydroxylation sites is 1. The van der Waals surface area contributed by atoms with Crippen LogP contribution in [0.25, 0.3) is 0 Å². The number of aliphatic hydroxyl groups is 1. The first-order chi connectivity index (χ1) is 8.66. The minimum absolute atomic E-state index is 0.0225. The van der Waals surface area contributed by atoms with E-state index in [1.54, 1.807) is 0 Å². The number of β-amino-alcohol motifs (C(OH)–C–C–N with tert-alkyl or cyclic N) is 1. The van der Waals surface area contributed by atoms with Crippen LogP contribution in [0.3, 0.4) is 0 Å². The highest BCUT2D eigenvalue weighted by Gasteiger charge is 2.33. The Morgan fingerprint density at radius 1 is 1.39 bits per heavy atom. The molecule has 0 bridgehead atoms. The molecule has 2 atom stereocenters. The molecule has 0 aromatic heterocycles. The molecule has 1 aliphatic heterocycles. The standard InChI is InChI=1S/C13H16FNO3/c14-11-8-15(9-12(11)16)13(17)6-7-18-10-4-2-1-3-5-10/h1-5,11-12,16H,6-9H2/t11-,12-/m1/s1. The molecule has 5 heteroatoms. The van der Waals surface area contributed by atoms with E-state index in [4.69, 9.17) is 4.74 Å². The number of benzene rings is 1. The molecule has 1 fully saturated rings. The van der Waals surface area contributed by atoms with Crippen molar-refractivity contribution >= 4 is 5.91 Å². The predicted molar refractivity (Wildman–Crippen MR) is 64.0 cm³/mol. The first-order valence-electron chi connectivity index (χ1n) is 5.94. The zero-order valence-corrected chi connectivity index (χ0v) is 9.96. The van der Waals surface area contributed by atoms with Crippen LogP contribution in [-0.4, -0.2) is 47.9 Å². The van der Waals surface area contributed by atoms with Gasteiger partial charge in [-0.2, -0.15) is 0 Å². The average molecular weight is 253 g/mol. The number of rotatable bonds is 4.